The third kappa shape index (κ3) is 3.24. The predicted octanol–water partition coefficient (Wildman–Crippen LogP) is 1.72. The third-order valence-electron chi connectivity index (χ3n) is 2.62. The van der Waals surface area contributed by atoms with Crippen LogP contribution in [0.25, 0.3) is 0 Å². The summed E-state index contributed by atoms with van der Waals surface area (Å²) in [5.74, 6) is 1.60. The first-order valence-electron chi connectivity index (χ1n) is 5.72. The van der Waals surface area contributed by atoms with Gasteiger partial charge in [-0.15, -0.1) is 0 Å². The van der Waals surface area contributed by atoms with Crippen molar-refractivity contribution < 1.29 is 9.47 Å². The van der Waals surface area contributed by atoms with E-state index in [4.69, 9.17) is 9.47 Å². The number of aromatic nitrogens is 2. The maximum Gasteiger partial charge on any atom is 0.122 e. The van der Waals surface area contributed by atoms with Gasteiger partial charge >= 0.3 is 0 Å². The molecule has 0 amide bonds. The van der Waals surface area contributed by atoms with Crippen molar-refractivity contribution in [1.29, 1.82) is 0 Å². The van der Waals surface area contributed by atoms with E-state index in [9.17, 15) is 0 Å². The van der Waals surface area contributed by atoms with E-state index in [1.54, 1.807) is 20.4 Å². The fraction of sp³-hybridized carbons (Fsp3) is 0.308. The predicted molar refractivity (Wildman–Crippen MR) is 68.7 cm³/mol. The Hall–Kier alpha value is -2.01. The Balaban J connectivity index is 1.95. The fourth-order valence-corrected chi connectivity index (χ4v) is 1.69. The third-order valence-corrected chi connectivity index (χ3v) is 2.62. The van der Waals surface area contributed by atoms with E-state index in [1.165, 1.54) is 0 Å². The maximum atomic E-state index is 5.23. The molecule has 0 aliphatic carbocycles. The van der Waals surface area contributed by atoms with Crippen LogP contribution >= 0.6 is 0 Å². The number of hydrogen-bond donors (Lipinski definition) is 2. The van der Waals surface area contributed by atoms with E-state index >= 15 is 0 Å². The van der Waals surface area contributed by atoms with Gasteiger partial charge in [0.25, 0.3) is 0 Å². The summed E-state index contributed by atoms with van der Waals surface area (Å²) < 4.78 is 10.5. The van der Waals surface area contributed by atoms with Gasteiger partial charge in [-0.3, -0.25) is 5.10 Å². The van der Waals surface area contributed by atoms with Crippen LogP contribution in [0, 0.1) is 0 Å². The van der Waals surface area contributed by atoms with Crippen LogP contribution in [0.3, 0.4) is 0 Å². The van der Waals surface area contributed by atoms with Crippen molar-refractivity contribution in [2.75, 3.05) is 14.2 Å². The Bertz CT molecular complexity index is 461. The number of rotatable bonds is 6. The quantitative estimate of drug-likeness (QED) is 0.816. The molecule has 0 aliphatic rings. The van der Waals surface area contributed by atoms with Gasteiger partial charge in [0, 0.05) is 30.9 Å². The lowest BCUT2D eigenvalue weighted by atomic mass is 10.2. The smallest absolute Gasteiger partial charge is 0.122 e. The van der Waals surface area contributed by atoms with E-state index in [-0.39, 0.29) is 0 Å². The SMILES string of the molecule is COc1cc(CNCc2cn[nH]c2)cc(OC)c1. The summed E-state index contributed by atoms with van der Waals surface area (Å²) in [6.45, 7) is 1.52. The summed E-state index contributed by atoms with van der Waals surface area (Å²) in [5.41, 5.74) is 2.25. The number of nitrogens with zero attached hydrogens (tertiary/aromatic N) is 1. The molecule has 96 valence electrons. The van der Waals surface area contributed by atoms with E-state index in [0.717, 1.165) is 35.7 Å². The molecule has 0 fully saturated rings. The molecule has 0 atom stereocenters. The summed E-state index contributed by atoms with van der Waals surface area (Å²) in [7, 11) is 3.30. The zero-order valence-corrected chi connectivity index (χ0v) is 10.6. The average Bonchev–Trinajstić information content (AvgIpc) is 2.91. The molecule has 2 N–H and O–H groups in total. The summed E-state index contributed by atoms with van der Waals surface area (Å²) >= 11 is 0. The monoisotopic (exact) mass is 247 g/mol. The minimum Gasteiger partial charge on any atom is -0.497 e. The molecule has 0 radical (unpaired) electrons. The first-order valence-corrected chi connectivity index (χ1v) is 5.72. The first-order chi connectivity index (χ1) is 8.81. The molecule has 2 rings (SSSR count). The number of ether oxygens (including phenoxy) is 2. The second kappa shape index (κ2) is 6.07. The molecule has 0 aliphatic heterocycles. The zero-order chi connectivity index (χ0) is 12.8. The molecule has 1 heterocycles. The van der Waals surface area contributed by atoms with E-state index in [2.05, 4.69) is 15.5 Å². The molecule has 1 aromatic carbocycles. The first kappa shape index (κ1) is 12.4. The molecule has 0 spiro atoms. The van der Waals surface area contributed by atoms with Crippen LogP contribution in [-0.4, -0.2) is 24.4 Å². The van der Waals surface area contributed by atoms with Gasteiger partial charge in [-0.1, -0.05) is 0 Å². The van der Waals surface area contributed by atoms with Gasteiger partial charge in [0.05, 0.1) is 20.4 Å². The van der Waals surface area contributed by atoms with Crippen molar-refractivity contribution in [2.45, 2.75) is 13.1 Å². The van der Waals surface area contributed by atoms with Crippen LogP contribution in [-0.2, 0) is 13.1 Å². The van der Waals surface area contributed by atoms with Crippen molar-refractivity contribution in [3.8, 4) is 11.5 Å². The second-order valence-corrected chi connectivity index (χ2v) is 3.93. The van der Waals surface area contributed by atoms with Crippen molar-refractivity contribution in [3.05, 3.63) is 41.7 Å². The summed E-state index contributed by atoms with van der Waals surface area (Å²) in [4.78, 5) is 0. The highest BCUT2D eigenvalue weighted by atomic mass is 16.5. The van der Waals surface area contributed by atoms with Crippen molar-refractivity contribution in [2.24, 2.45) is 0 Å². The van der Waals surface area contributed by atoms with Crippen LogP contribution in [0.1, 0.15) is 11.1 Å². The van der Waals surface area contributed by atoms with Gasteiger partial charge in [0.15, 0.2) is 0 Å². The Morgan fingerprint density at radius 1 is 1.06 bits per heavy atom. The summed E-state index contributed by atoms with van der Waals surface area (Å²) in [6.07, 6.45) is 3.68. The number of methoxy groups -OCH3 is 2. The lowest BCUT2D eigenvalue weighted by Gasteiger charge is -2.09. The lowest BCUT2D eigenvalue weighted by Crippen LogP contribution is -2.12. The molecule has 1 aromatic heterocycles. The van der Waals surface area contributed by atoms with Gasteiger partial charge in [-0.25, -0.2) is 0 Å². The molecule has 0 bridgehead atoms. The average molecular weight is 247 g/mol. The normalized spacial score (nSPS) is 10.3. The molecule has 0 unspecified atom stereocenters. The molecule has 2 aromatic rings. The van der Waals surface area contributed by atoms with Crippen molar-refractivity contribution >= 4 is 0 Å². The Labute approximate surface area is 106 Å². The van der Waals surface area contributed by atoms with Crippen molar-refractivity contribution in [1.82, 2.24) is 15.5 Å². The fourth-order valence-electron chi connectivity index (χ4n) is 1.69. The second-order valence-electron chi connectivity index (χ2n) is 3.93. The minimum absolute atomic E-state index is 0.749. The standard InChI is InChI=1S/C13H17N3O2/c1-17-12-3-10(4-13(5-12)18-2)6-14-7-11-8-15-16-9-11/h3-5,8-9,14H,6-7H2,1-2H3,(H,15,16). The van der Waals surface area contributed by atoms with E-state index in [0.29, 0.717) is 0 Å². The van der Waals surface area contributed by atoms with E-state index < -0.39 is 0 Å². The largest absolute Gasteiger partial charge is 0.497 e. The highest BCUT2D eigenvalue weighted by molar-refractivity contribution is 5.38. The Kier molecular flexibility index (Phi) is 4.20. The minimum atomic E-state index is 0.749. The lowest BCUT2D eigenvalue weighted by molar-refractivity contribution is 0.393. The van der Waals surface area contributed by atoms with Crippen LogP contribution in [0.4, 0.5) is 0 Å². The number of benzene rings is 1. The van der Waals surface area contributed by atoms with Gasteiger partial charge in [-0.05, 0) is 17.7 Å². The molecule has 18 heavy (non-hydrogen) atoms. The Morgan fingerprint density at radius 2 is 1.72 bits per heavy atom. The maximum absolute atomic E-state index is 5.23. The molecule has 0 saturated heterocycles. The number of aromatic amines is 1. The highest BCUT2D eigenvalue weighted by Gasteiger charge is 2.02. The van der Waals surface area contributed by atoms with E-state index in [1.807, 2.05) is 24.4 Å². The molecular formula is C13H17N3O2. The topological polar surface area (TPSA) is 59.2 Å². The molecule has 0 saturated carbocycles. The summed E-state index contributed by atoms with van der Waals surface area (Å²) in [5, 5.41) is 10.0. The van der Waals surface area contributed by atoms with Crippen LogP contribution in [0.2, 0.25) is 0 Å². The van der Waals surface area contributed by atoms with Crippen LogP contribution in [0.5, 0.6) is 11.5 Å². The van der Waals surface area contributed by atoms with Gasteiger partial charge in [-0.2, -0.15) is 5.10 Å². The van der Waals surface area contributed by atoms with Crippen LogP contribution < -0.4 is 14.8 Å². The summed E-state index contributed by atoms with van der Waals surface area (Å²) in [6, 6.07) is 5.84. The Morgan fingerprint density at radius 3 is 2.28 bits per heavy atom. The zero-order valence-electron chi connectivity index (χ0n) is 10.6. The van der Waals surface area contributed by atoms with Crippen molar-refractivity contribution in [3.63, 3.8) is 0 Å². The number of H-pyrrole nitrogens is 1. The van der Waals surface area contributed by atoms with Gasteiger partial charge in [0.2, 0.25) is 0 Å². The van der Waals surface area contributed by atoms with Gasteiger partial charge in [0.1, 0.15) is 11.5 Å². The van der Waals surface area contributed by atoms with Gasteiger partial charge < -0.3 is 14.8 Å². The molecule has 5 heteroatoms. The number of hydrogen-bond acceptors (Lipinski definition) is 4. The highest BCUT2D eigenvalue weighted by Crippen LogP contribution is 2.22. The van der Waals surface area contributed by atoms with Crippen LogP contribution in [0.15, 0.2) is 30.6 Å². The number of nitrogens with one attached hydrogen (secondary N) is 2. The molecular weight excluding hydrogens is 230 g/mol. The molecule has 5 nitrogen and oxygen atoms in total.